The van der Waals surface area contributed by atoms with Crippen molar-refractivity contribution in [2.24, 2.45) is 5.73 Å². The zero-order valence-corrected chi connectivity index (χ0v) is 20.9. The molecule has 36 heavy (non-hydrogen) atoms. The minimum atomic E-state index is -3.91. The predicted octanol–water partition coefficient (Wildman–Crippen LogP) is -0.248. The number of hydrogen-bond donors (Lipinski definition) is 7. The van der Waals surface area contributed by atoms with Gasteiger partial charge in [0.1, 0.15) is 12.1 Å². The van der Waals surface area contributed by atoms with Gasteiger partial charge in [-0.1, -0.05) is 31.0 Å². The first-order valence-corrected chi connectivity index (χ1v) is 13.3. The van der Waals surface area contributed by atoms with E-state index < -0.39 is 40.0 Å². The average molecular weight is 526 g/mol. The number of nitrogens with two attached hydrogens (primary N) is 1. The average Bonchev–Trinajstić information content (AvgIpc) is 3.34. The van der Waals surface area contributed by atoms with Crippen molar-refractivity contribution >= 4 is 33.9 Å². The number of amides is 3. The summed E-state index contributed by atoms with van der Waals surface area (Å²) in [7, 11) is -3.91. The van der Waals surface area contributed by atoms with E-state index in [4.69, 9.17) is 11.1 Å². The van der Waals surface area contributed by atoms with Crippen molar-refractivity contribution < 1.29 is 27.9 Å². The van der Waals surface area contributed by atoms with E-state index >= 15 is 0 Å². The van der Waals surface area contributed by atoms with Gasteiger partial charge in [0.2, 0.25) is 15.9 Å². The largest absolute Gasteiger partial charge is 0.480 e. The third-order valence-electron chi connectivity index (χ3n) is 5.64. The highest BCUT2D eigenvalue weighted by molar-refractivity contribution is 7.89. The number of urea groups is 1. The lowest BCUT2D eigenvalue weighted by molar-refractivity contribution is -0.142. The Balaban J connectivity index is 1.78. The molecule has 2 atom stereocenters. The molecule has 1 fully saturated rings. The third-order valence-corrected chi connectivity index (χ3v) is 7.56. The Morgan fingerprint density at radius 1 is 1.06 bits per heavy atom. The molecule has 3 amide bonds. The number of carbonyl (C=O) groups excluding carboxylic acids is 2. The van der Waals surface area contributed by atoms with E-state index in [1.807, 2.05) is 0 Å². The van der Waals surface area contributed by atoms with Crippen molar-refractivity contribution in [1.82, 2.24) is 25.6 Å². The smallest absolute Gasteiger partial charge is 0.328 e. The number of rotatable bonds is 14. The molecule has 8 N–H and O–H groups in total. The monoisotopic (exact) mass is 525 g/mol. The molecule has 0 saturated carbocycles. The fraction of sp³-hybridized carbons (Fsp3) is 0.545. The molecule has 0 spiro atoms. The summed E-state index contributed by atoms with van der Waals surface area (Å²) < 4.78 is 27.0. The van der Waals surface area contributed by atoms with E-state index in [-0.39, 0.29) is 30.4 Å². The number of guanidine groups is 1. The van der Waals surface area contributed by atoms with E-state index in [0.29, 0.717) is 19.5 Å². The summed E-state index contributed by atoms with van der Waals surface area (Å²) in [5.74, 6) is -2.14. The second-order valence-corrected chi connectivity index (χ2v) is 10.3. The van der Waals surface area contributed by atoms with Gasteiger partial charge in [-0.2, -0.15) is 4.31 Å². The molecular formula is C22H35N7O6S. The Hall–Kier alpha value is -3.39. The summed E-state index contributed by atoms with van der Waals surface area (Å²) in [4.78, 5) is 36.5. The molecular weight excluding hydrogens is 490 g/mol. The number of aliphatic carboxylic acids is 1. The van der Waals surface area contributed by atoms with Crippen LogP contribution in [0.1, 0.15) is 38.5 Å². The highest BCUT2D eigenvalue weighted by Crippen LogP contribution is 2.26. The Labute approximate surface area is 210 Å². The van der Waals surface area contributed by atoms with Crippen molar-refractivity contribution in [2.45, 2.75) is 55.5 Å². The zero-order chi connectivity index (χ0) is 26.6. The number of unbranched alkanes of at least 4 members (excludes halogenated alkanes) is 3. The van der Waals surface area contributed by atoms with Gasteiger partial charge < -0.3 is 32.1 Å². The molecule has 2 unspecified atom stereocenters. The van der Waals surface area contributed by atoms with Crippen molar-refractivity contribution in [3.8, 4) is 0 Å². The number of sulfonamides is 1. The van der Waals surface area contributed by atoms with Gasteiger partial charge in [0, 0.05) is 19.6 Å². The normalized spacial score (nSPS) is 16.6. The third kappa shape index (κ3) is 9.00. The molecule has 14 heteroatoms. The van der Waals surface area contributed by atoms with Crippen LogP contribution >= 0.6 is 0 Å². The number of nitrogens with one attached hydrogen (secondary N) is 5. The van der Waals surface area contributed by atoms with Crippen LogP contribution in [0.25, 0.3) is 0 Å². The molecule has 1 aromatic carbocycles. The number of carboxylic acid groups (broad SMARTS) is 1. The summed E-state index contributed by atoms with van der Waals surface area (Å²) in [6.07, 6.45) is 4.06. The number of hydrogen-bond acceptors (Lipinski definition) is 6. The summed E-state index contributed by atoms with van der Waals surface area (Å²) in [5.41, 5.74) is 5.19. The summed E-state index contributed by atoms with van der Waals surface area (Å²) in [5, 5.41) is 26.7. The molecule has 1 heterocycles. The molecule has 0 radical (unpaired) electrons. The van der Waals surface area contributed by atoms with Gasteiger partial charge in [-0.3, -0.25) is 10.2 Å². The van der Waals surface area contributed by atoms with Crippen molar-refractivity contribution in [3.05, 3.63) is 30.3 Å². The van der Waals surface area contributed by atoms with Gasteiger partial charge >= 0.3 is 12.0 Å². The Morgan fingerprint density at radius 2 is 1.69 bits per heavy atom. The van der Waals surface area contributed by atoms with E-state index in [2.05, 4.69) is 21.3 Å². The number of benzene rings is 1. The number of nitrogens with zero attached hydrogens (tertiary/aromatic N) is 1. The zero-order valence-electron chi connectivity index (χ0n) is 20.0. The standard InChI is InChI=1S/C22H35N7O6S/c23-21(24)25-12-6-1-2-7-13-26-22(33)27-15-17(20(31)32)28-19(30)18-11-8-14-29(18)36(34,35)16-9-4-3-5-10-16/h3-5,9-10,17-18H,1-2,6-8,11-15H2,(H,28,30)(H,31,32)(H4,23,24,25)(H2,26,27,33). The molecule has 1 aliphatic heterocycles. The SMILES string of the molecule is N=C(N)NCCCCCCNC(=O)NCC(NC(=O)C1CCCN1S(=O)(=O)c1ccccc1)C(=O)O. The highest BCUT2D eigenvalue weighted by atomic mass is 32.2. The van der Waals surface area contributed by atoms with Crippen LogP contribution in [-0.4, -0.2) is 80.0 Å². The Morgan fingerprint density at radius 3 is 2.31 bits per heavy atom. The fourth-order valence-electron chi connectivity index (χ4n) is 3.77. The quantitative estimate of drug-likeness (QED) is 0.0976. The van der Waals surface area contributed by atoms with E-state index in [9.17, 15) is 27.9 Å². The van der Waals surface area contributed by atoms with Crippen LogP contribution in [0.4, 0.5) is 4.79 Å². The van der Waals surface area contributed by atoms with Gasteiger partial charge in [-0.25, -0.2) is 18.0 Å². The molecule has 200 valence electrons. The first-order valence-electron chi connectivity index (χ1n) is 11.8. The van der Waals surface area contributed by atoms with Crippen LogP contribution in [-0.2, 0) is 19.6 Å². The lowest BCUT2D eigenvalue weighted by Crippen LogP contribution is -2.54. The summed E-state index contributed by atoms with van der Waals surface area (Å²) >= 11 is 0. The maximum Gasteiger partial charge on any atom is 0.328 e. The first-order chi connectivity index (χ1) is 17.1. The topological polar surface area (TPSA) is 207 Å². The fourth-order valence-corrected chi connectivity index (χ4v) is 5.45. The van der Waals surface area contributed by atoms with Crippen LogP contribution < -0.4 is 27.0 Å². The first kappa shape index (κ1) is 28.8. The maximum absolute atomic E-state index is 13.0. The molecule has 13 nitrogen and oxygen atoms in total. The molecule has 1 aliphatic rings. The van der Waals surface area contributed by atoms with Gasteiger partial charge in [0.05, 0.1) is 11.4 Å². The minimum absolute atomic E-state index is 0.0607. The molecule has 1 aromatic rings. The van der Waals surface area contributed by atoms with Crippen LogP contribution in [0.3, 0.4) is 0 Å². The molecule has 0 bridgehead atoms. The Kier molecular flexibility index (Phi) is 11.4. The Bertz CT molecular complexity index is 1010. The van der Waals surface area contributed by atoms with Gasteiger partial charge in [0.25, 0.3) is 0 Å². The van der Waals surface area contributed by atoms with Crippen LogP contribution in [0, 0.1) is 5.41 Å². The molecule has 2 rings (SSSR count). The summed E-state index contributed by atoms with van der Waals surface area (Å²) in [6.45, 7) is 0.801. The predicted molar refractivity (Wildman–Crippen MR) is 133 cm³/mol. The van der Waals surface area contributed by atoms with E-state index in [0.717, 1.165) is 30.0 Å². The van der Waals surface area contributed by atoms with Crippen LogP contribution in [0.15, 0.2) is 35.2 Å². The van der Waals surface area contributed by atoms with Crippen molar-refractivity contribution in [3.63, 3.8) is 0 Å². The van der Waals surface area contributed by atoms with Gasteiger partial charge in [0.15, 0.2) is 5.96 Å². The van der Waals surface area contributed by atoms with E-state index in [1.54, 1.807) is 18.2 Å². The van der Waals surface area contributed by atoms with Crippen LogP contribution in [0.2, 0.25) is 0 Å². The van der Waals surface area contributed by atoms with Gasteiger partial charge in [-0.15, -0.1) is 0 Å². The lowest BCUT2D eigenvalue weighted by atomic mass is 10.2. The van der Waals surface area contributed by atoms with E-state index in [1.165, 1.54) is 12.1 Å². The number of carboxylic acids is 1. The second kappa shape index (κ2) is 14.2. The number of carbonyl (C=O) groups is 3. The van der Waals surface area contributed by atoms with Crippen molar-refractivity contribution in [2.75, 3.05) is 26.2 Å². The highest BCUT2D eigenvalue weighted by Gasteiger charge is 2.40. The molecule has 1 saturated heterocycles. The summed E-state index contributed by atoms with van der Waals surface area (Å²) in [6, 6.07) is 4.73. The lowest BCUT2D eigenvalue weighted by Gasteiger charge is -2.25. The van der Waals surface area contributed by atoms with Crippen LogP contribution in [0.5, 0.6) is 0 Å². The second-order valence-electron chi connectivity index (χ2n) is 8.38. The minimum Gasteiger partial charge on any atom is -0.480 e. The maximum atomic E-state index is 13.0. The molecule has 0 aliphatic carbocycles. The molecule has 0 aromatic heterocycles. The van der Waals surface area contributed by atoms with Crippen molar-refractivity contribution in [1.29, 1.82) is 5.41 Å². The van der Waals surface area contributed by atoms with Gasteiger partial charge in [-0.05, 0) is 37.8 Å².